The van der Waals surface area contributed by atoms with Gasteiger partial charge in [0.05, 0.1) is 23.5 Å². The van der Waals surface area contributed by atoms with E-state index in [0.29, 0.717) is 43.1 Å². The Labute approximate surface area is 134 Å². The van der Waals surface area contributed by atoms with E-state index in [1.807, 2.05) is 6.92 Å². The van der Waals surface area contributed by atoms with Crippen LogP contribution in [0.1, 0.15) is 56.0 Å². The van der Waals surface area contributed by atoms with Crippen LogP contribution >= 0.6 is 0 Å². The molecule has 2 aliphatic rings. The molecule has 0 aromatic carbocycles. The molecule has 0 atom stereocenters. The van der Waals surface area contributed by atoms with E-state index >= 15 is 0 Å². The molecule has 7 nitrogen and oxygen atoms in total. The fraction of sp³-hybridized carbons (Fsp3) is 0.625. The molecule has 3 rings (SSSR count). The molecule has 2 fully saturated rings. The number of aromatic nitrogens is 2. The Morgan fingerprint density at radius 2 is 1.87 bits per heavy atom. The molecule has 0 unspecified atom stereocenters. The van der Waals surface area contributed by atoms with Gasteiger partial charge in [0, 0.05) is 12.0 Å². The summed E-state index contributed by atoms with van der Waals surface area (Å²) in [4.78, 5) is 31.7. The molecular formula is C16H22N4O3. The maximum Gasteiger partial charge on any atom is 0.319 e. The highest BCUT2D eigenvalue weighted by atomic mass is 16.4. The van der Waals surface area contributed by atoms with Gasteiger partial charge < -0.3 is 15.7 Å². The lowest BCUT2D eigenvalue weighted by atomic mass is 9.86. The van der Waals surface area contributed by atoms with Crippen molar-refractivity contribution in [3.05, 3.63) is 17.7 Å². The molecule has 0 spiro atoms. The van der Waals surface area contributed by atoms with Crippen LogP contribution < -0.4 is 10.6 Å². The molecule has 2 saturated carbocycles. The molecule has 1 heterocycles. The smallest absolute Gasteiger partial charge is 0.319 e. The maximum atomic E-state index is 12.2. The van der Waals surface area contributed by atoms with Gasteiger partial charge in [-0.1, -0.05) is 0 Å². The Hall–Kier alpha value is -2.18. The van der Waals surface area contributed by atoms with Gasteiger partial charge in [0.2, 0.25) is 0 Å². The molecular weight excluding hydrogens is 296 g/mol. The van der Waals surface area contributed by atoms with Crippen molar-refractivity contribution >= 4 is 17.7 Å². The summed E-state index contributed by atoms with van der Waals surface area (Å²) in [6, 6.07) is -0.237. The third kappa shape index (κ3) is 3.97. The number of urea groups is 1. The normalized spacial score (nSPS) is 24.0. The van der Waals surface area contributed by atoms with Gasteiger partial charge >= 0.3 is 12.0 Å². The van der Waals surface area contributed by atoms with Crippen LogP contribution in [0.15, 0.2) is 6.20 Å². The highest BCUT2D eigenvalue weighted by Gasteiger charge is 2.30. The number of hydrogen-bond acceptors (Lipinski definition) is 4. The first-order valence-electron chi connectivity index (χ1n) is 8.17. The van der Waals surface area contributed by atoms with Gasteiger partial charge in [-0.25, -0.2) is 14.8 Å². The van der Waals surface area contributed by atoms with Gasteiger partial charge in [0.25, 0.3) is 0 Å². The number of carbonyl (C=O) groups is 2. The predicted octanol–water partition coefficient (Wildman–Crippen LogP) is 2.43. The summed E-state index contributed by atoms with van der Waals surface area (Å²) in [6.45, 7) is 1.84. The number of carbonyl (C=O) groups excluding carboxylic acids is 1. The number of hydrogen-bond donors (Lipinski definition) is 3. The summed E-state index contributed by atoms with van der Waals surface area (Å²) in [6.07, 6.45) is 6.49. The minimum Gasteiger partial charge on any atom is -0.481 e. The molecule has 1 aromatic heterocycles. The van der Waals surface area contributed by atoms with E-state index in [2.05, 4.69) is 20.6 Å². The Morgan fingerprint density at radius 1 is 1.17 bits per heavy atom. The maximum absolute atomic E-state index is 12.2. The number of anilines is 1. The van der Waals surface area contributed by atoms with Crippen molar-refractivity contribution in [1.29, 1.82) is 0 Å². The number of nitrogens with zero attached hydrogens (tertiary/aromatic N) is 2. The standard InChI is InChI=1S/C16H22N4O3/c1-9-17-8-13(14(18-9)10-2-3-10)20-16(23)19-12-6-4-11(5-7-12)15(21)22/h8,10-12H,2-7H2,1H3,(H,21,22)(H2,19,20,23). The number of aliphatic carboxylic acids is 1. The first-order valence-corrected chi connectivity index (χ1v) is 8.17. The molecule has 0 bridgehead atoms. The van der Waals surface area contributed by atoms with Crippen LogP contribution in [0.25, 0.3) is 0 Å². The van der Waals surface area contributed by atoms with Crippen LogP contribution in [-0.2, 0) is 4.79 Å². The molecule has 3 N–H and O–H groups in total. The number of carboxylic acid groups (broad SMARTS) is 1. The van der Waals surface area contributed by atoms with E-state index in [-0.39, 0.29) is 18.0 Å². The second kappa shape index (κ2) is 6.52. The number of nitrogens with one attached hydrogen (secondary N) is 2. The molecule has 0 radical (unpaired) electrons. The molecule has 0 aliphatic heterocycles. The summed E-state index contributed by atoms with van der Waals surface area (Å²) < 4.78 is 0. The molecule has 2 amide bonds. The van der Waals surface area contributed by atoms with Crippen LogP contribution in [0.3, 0.4) is 0 Å². The van der Waals surface area contributed by atoms with Gasteiger partial charge in [-0.3, -0.25) is 4.79 Å². The minimum absolute atomic E-state index is 0.0290. The summed E-state index contributed by atoms with van der Waals surface area (Å²) in [5, 5.41) is 14.8. The molecule has 0 saturated heterocycles. The lowest BCUT2D eigenvalue weighted by Crippen LogP contribution is -2.41. The fourth-order valence-corrected chi connectivity index (χ4v) is 3.08. The third-order valence-electron chi connectivity index (χ3n) is 4.56. The lowest BCUT2D eigenvalue weighted by Gasteiger charge is -2.26. The fourth-order valence-electron chi connectivity index (χ4n) is 3.08. The van der Waals surface area contributed by atoms with E-state index in [4.69, 9.17) is 5.11 Å². The van der Waals surface area contributed by atoms with E-state index in [0.717, 1.165) is 18.5 Å². The monoisotopic (exact) mass is 318 g/mol. The number of amides is 2. The Kier molecular flexibility index (Phi) is 4.45. The Morgan fingerprint density at radius 3 is 2.48 bits per heavy atom. The van der Waals surface area contributed by atoms with E-state index in [1.165, 1.54) is 0 Å². The highest BCUT2D eigenvalue weighted by molar-refractivity contribution is 5.90. The average Bonchev–Trinajstić information content (AvgIpc) is 3.34. The van der Waals surface area contributed by atoms with Gasteiger partial charge in [0.1, 0.15) is 5.82 Å². The Bertz CT molecular complexity index is 607. The van der Waals surface area contributed by atoms with Crippen molar-refractivity contribution in [2.45, 2.75) is 57.4 Å². The molecule has 1 aromatic rings. The van der Waals surface area contributed by atoms with Crippen molar-refractivity contribution in [2.24, 2.45) is 5.92 Å². The SMILES string of the molecule is Cc1ncc(NC(=O)NC2CCC(C(=O)O)CC2)c(C2CC2)n1. The van der Waals surface area contributed by atoms with Crippen LogP contribution in [0.5, 0.6) is 0 Å². The molecule has 124 valence electrons. The van der Waals surface area contributed by atoms with Crippen LogP contribution in [0.2, 0.25) is 0 Å². The number of rotatable bonds is 4. The molecule has 7 heteroatoms. The zero-order chi connectivity index (χ0) is 16.4. The topological polar surface area (TPSA) is 104 Å². The summed E-state index contributed by atoms with van der Waals surface area (Å²) in [5.74, 6) is 0.129. The van der Waals surface area contributed by atoms with Crippen LogP contribution in [0.4, 0.5) is 10.5 Å². The van der Waals surface area contributed by atoms with Crippen molar-refractivity contribution in [3.63, 3.8) is 0 Å². The largest absolute Gasteiger partial charge is 0.481 e. The van der Waals surface area contributed by atoms with E-state index in [9.17, 15) is 9.59 Å². The van der Waals surface area contributed by atoms with Gasteiger partial charge in [-0.05, 0) is 45.4 Å². The van der Waals surface area contributed by atoms with Crippen LogP contribution in [0, 0.1) is 12.8 Å². The zero-order valence-corrected chi connectivity index (χ0v) is 13.2. The van der Waals surface area contributed by atoms with Gasteiger partial charge in [-0.15, -0.1) is 0 Å². The lowest BCUT2D eigenvalue weighted by molar-refractivity contribution is -0.142. The molecule has 23 heavy (non-hydrogen) atoms. The van der Waals surface area contributed by atoms with Crippen molar-refractivity contribution < 1.29 is 14.7 Å². The minimum atomic E-state index is -0.737. The summed E-state index contributed by atoms with van der Waals surface area (Å²) >= 11 is 0. The highest BCUT2D eigenvalue weighted by Crippen LogP contribution is 2.42. The predicted molar refractivity (Wildman–Crippen MR) is 84.3 cm³/mol. The number of carboxylic acids is 1. The molecule has 2 aliphatic carbocycles. The quantitative estimate of drug-likeness (QED) is 0.791. The van der Waals surface area contributed by atoms with Gasteiger partial charge in [0.15, 0.2) is 0 Å². The van der Waals surface area contributed by atoms with E-state index < -0.39 is 5.97 Å². The summed E-state index contributed by atoms with van der Waals surface area (Å²) in [7, 11) is 0. The van der Waals surface area contributed by atoms with Gasteiger partial charge in [-0.2, -0.15) is 0 Å². The van der Waals surface area contributed by atoms with Crippen LogP contribution in [-0.4, -0.2) is 33.1 Å². The first kappa shape index (κ1) is 15.7. The first-order chi connectivity index (χ1) is 11.0. The second-order valence-corrected chi connectivity index (χ2v) is 6.48. The van der Waals surface area contributed by atoms with Crippen molar-refractivity contribution in [2.75, 3.05) is 5.32 Å². The zero-order valence-electron chi connectivity index (χ0n) is 13.2. The van der Waals surface area contributed by atoms with Crippen molar-refractivity contribution in [3.8, 4) is 0 Å². The third-order valence-corrected chi connectivity index (χ3v) is 4.56. The summed E-state index contributed by atoms with van der Waals surface area (Å²) in [5.41, 5.74) is 1.59. The average molecular weight is 318 g/mol. The number of aryl methyl sites for hydroxylation is 1. The van der Waals surface area contributed by atoms with E-state index in [1.54, 1.807) is 6.20 Å². The second-order valence-electron chi connectivity index (χ2n) is 6.48. The Balaban J connectivity index is 1.55. The van der Waals surface area contributed by atoms with Crippen molar-refractivity contribution in [1.82, 2.24) is 15.3 Å².